The van der Waals surface area contributed by atoms with Crippen molar-refractivity contribution in [3.63, 3.8) is 0 Å². The molecular weight excluding hydrogens is 565 g/mol. The molecular formula is C30H27F3N6O4. The number of amidine groups is 1. The van der Waals surface area contributed by atoms with Crippen LogP contribution in [0.4, 0.5) is 24.7 Å². The molecule has 0 aliphatic carbocycles. The molecule has 43 heavy (non-hydrogen) atoms. The number of anilines is 2. The van der Waals surface area contributed by atoms with Crippen LogP contribution < -0.4 is 20.5 Å². The Morgan fingerprint density at radius 2 is 1.84 bits per heavy atom. The molecule has 5 rings (SSSR count). The SMILES string of the molecule is N=C(c1c(Oc2ccc(NC(=O)c3cccc(-c4ccc(F)cc4)[n+]3[O-])cc2F)ccnc1N)N1CCC(F)(CO)CC1. The highest BCUT2D eigenvalue weighted by Crippen LogP contribution is 2.34. The Labute approximate surface area is 244 Å². The van der Waals surface area contributed by atoms with Crippen LogP contribution in [-0.2, 0) is 0 Å². The lowest BCUT2D eigenvalue weighted by Gasteiger charge is -2.36. The van der Waals surface area contributed by atoms with Crippen LogP contribution in [0.15, 0.2) is 72.9 Å². The molecule has 1 aliphatic rings. The van der Waals surface area contributed by atoms with E-state index in [4.69, 9.17) is 15.9 Å². The zero-order valence-corrected chi connectivity index (χ0v) is 22.7. The number of aromatic nitrogens is 2. The van der Waals surface area contributed by atoms with Gasteiger partial charge in [-0.3, -0.25) is 10.2 Å². The number of alkyl halides is 1. The summed E-state index contributed by atoms with van der Waals surface area (Å²) in [5.74, 6) is -2.46. The van der Waals surface area contributed by atoms with Crippen LogP contribution in [0.2, 0.25) is 0 Å². The van der Waals surface area contributed by atoms with E-state index in [1.165, 1.54) is 66.9 Å². The monoisotopic (exact) mass is 592 g/mol. The van der Waals surface area contributed by atoms with Crippen molar-refractivity contribution >= 4 is 23.2 Å². The van der Waals surface area contributed by atoms with Crippen molar-refractivity contribution in [2.75, 3.05) is 30.7 Å². The van der Waals surface area contributed by atoms with Gasteiger partial charge in [0.1, 0.15) is 34.5 Å². The van der Waals surface area contributed by atoms with E-state index in [0.29, 0.717) is 10.3 Å². The third-order valence-electron chi connectivity index (χ3n) is 7.17. The smallest absolute Gasteiger partial charge is 0.321 e. The fourth-order valence-corrected chi connectivity index (χ4v) is 4.70. The fourth-order valence-electron chi connectivity index (χ4n) is 4.70. The van der Waals surface area contributed by atoms with Gasteiger partial charge in [-0.15, -0.1) is 0 Å². The maximum atomic E-state index is 15.1. The number of halogens is 3. The molecule has 1 fully saturated rings. The number of nitrogens with one attached hydrogen (secondary N) is 2. The molecule has 1 aliphatic heterocycles. The number of piperidine rings is 1. The first-order chi connectivity index (χ1) is 20.6. The zero-order valence-electron chi connectivity index (χ0n) is 22.7. The molecule has 0 atom stereocenters. The van der Waals surface area contributed by atoms with Crippen LogP contribution in [0.1, 0.15) is 28.9 Å². The van der Waals surface area contributed by atoms with Gasteiger partial charge in [0.2, 0.25) is 5.69 Å². The number of carbonyl (C=O) groups is 1. The number of nitrogens with two attached hydrogens (primary N) is 1. The number of carbonyl (C=O) groups excluding carboxylic acids is 1. The summed E-state index contributed by atoms with van der Waals surface area (Å²) < 4.78 is 49.1. The molecule has 1 amide bonds. The van der Waals surface area contributed by atoms with E-state index >= 15 is 4.39 Å². The molecule has 0 radical (unpaired) electrons. The average Bonchev–Trinajstić information content (AvgIpc) is 2.99. The van der Waals surface area contributed by atoms with Crippen molar-refractivity contribution in [2.24, 2.45) is 0 Å². The molecule has 0 spiro atoms. The number of aliphatic hydroxyl groups is 1. The van der Waals surface area contributed by atoms with Crippen LogP contribution in [0.25, 0.3) is 11.3 Å². The Balaban J connectivity index is 1.32. The van der Waals surface area contributed by atoms with Crippen LogP contribution >= 0.6 is 0 Å². The van der Waals surface area contributed by atoms with Crippen molar-refractivity contribution in [2.45, 2.75) is 18.5 Å². The lowest BCUT2D eigenvalue weighted by Crippen LogP contribution is -2.46. The van der Waals surface area contributed by atoms with Crippen molar-refractivity contribution in [3.05, 3.63) is 101 Å². The van der Waals surface area contributed by atoms with E-state index in [2.05, 4.69) is 10.3 Å². The van der Waals surface area contributed by atoms with Gasteiger partial charge in [0, 0.05) is 67.6 Å². The molecule has 1 saturated heterocycles. The minimum absolute atomic E-state index is 0.0208. The number of likely N-dealkylation sites (tertiary alicyclic amines) is 1. The zero-order chi connectivity index (χ0) is 30.7. The predicted molar refractivity (Wildman–Crippen MR) is 152 cm³/mol. The highest BCUT2D eigenvalue weighted by Gasteiger charge is 2.35. The number of amides is 1. The Kier molecular flexibility index (Phi) is 8.17. The van der Waals surface area contributed by atoms with Crippen LogP contribution in [0, 0.1) is 22.3 Å². The van der Waals surface area contributed by atoms with Gasteiger partial charge < -0.3 is 31.0 Å². The normalized spacial score (nSPS) is 14.3. The number of hydrogen-bond acceptors (Lipinski definition) is 7. The van der Waals surface area contributed by atoms with Gasteiger partial charge in [0.15, 0.2) is 11.6 Å². The topological polar surface area (TPSA) is 152 Å². The van der Waals surface area contributed by atoms with Gasteiger partial charge in [0.25, 0.3) is 5.69 Å². The predicted octanol–water partition coefficient (Wildman–Crippen LogP) is 4.41. The summed E-state index contributed by atoms with van der Waals surface area (Å²) in [6.07, 6.45) is 1.38. The molecule has 5 N–H and O–H groups in total. The van der Waals surface area contributed by atoms with Crippen LogP contribution in [0.5, 0.6) is 11.5 Å². The average molecular weight is 593 g/mol. The molecule has 2 aromatic carbocycles. The highest BCUT2D eigenvalue weighted by atomic mass is 19.1. The molecule has 3 heterocycles. The van der Waals surface area contributed by atoms with Crippen molar-refractivity contribution in [3.8, 4) is 22.8 Å². The summed E-state index contributed by atoms with van der Waals surface area (Å²) in [6.45, 7) is -0.294. The molecule has 0 bridgehead atoms. The Bertz CT molecular complexity index is 1680. The van der Waals surface area contributed by atoms with Crippen molar-refractivity contribution in [1.82, 2.24) is 9.88 Å². The quantitative estimate of drug-likeness (QED) is 0.107. The number of pyridine rings is 2. The summed E-state index contributed by atoms with van der Waals surface area (Å²) in [5, 5.41) is 33.3. The maximum absolute atomic E-state index is 15.1. The Morgan fingerprint density at radius 1 is 1.12 bits per heavy atom. The molecule has 2 aromatic heterocycles. The summed E-state index contributed by atoms with van der Waals surface area (Å²) in [4.78, 5) is 18.5. The first-order valence-corrected chi connectivity index (χ1v) is 13.2. The minimum atomic E-state index is -1.71. The lowest BCUT2D eigenvalue weighted by molar-refractivity contribution is -0.595. The number of ether oxygens (including phenoxy) is 1. The first kappa shape index (κ1) is 29.3. The summed E-state index contributed by atoms with van der Waals surface area (Å²) in [5.41, 5.74) is 4.73. The van der Waals surface area contributed by atoms with E-state index in [-0.39, 0.29) is 71.7 Å². The Hall–Kier alpha value is -5.17. The molecule has 10 nitrogen and oxygen atoms in total. The van der Waals surface area contributed by atoms with Crippen LogP contribution in [-0.4, -0.2) is 52.1 Å². The van der Waals surface area contributed by atoms with Gasteiger partial charge in [-0.1, -0.05) is 0 Å². The standard InChI is InChI=1S/C30H27F3N6O4/c31-19-6-4-18(5-7-19)22-2-1-3-23(39(22)42)29(41)37-20-8-9-24(21(32)16-20)43-25-10-13-36-27(34)26(25)28(35)38-14-11-30(33,17-40)12-15-38/h1-10,13,16,35,40H,11-12,14-15,17H2,(H2,34,36)(H,37,41). The molecule has 0 unspecified atom stereocenters. The van der Waals surface area contributed by atoms with Crippen molar-refractivity contribution < 1.29 is 32.5 Å². The van der Waals surface area contributed by atoms with Crippen LogP contribution in [0.3, 0.4) is 0 Å². The van der Waals surface area contributed by atoms with Gasteiger partial charge >= 0.3 is 5.91 Å². The van der Waals surface area contributed by atoms with Gasteiger partial charge in [-0.2, -0.15) is 4.73 Å². The largest absolute Gasteiger partial charge is 0.618 e. The Morgan fingerprint density at radius 3 is 2.51 bits per heavy atom. The number of nitrogens with zero attached hydrogens (tertiary/aromatic N) is 3. The summed E-state index contributed by atoms with van der Waals surface area (Å²) >= 11 is 0. The first-order valence-electron chi connectivity index (χ1n) is 13.2. The van der Waals surface area contributed by atoms with Gasteiger partial charge in [-0.05, 0) is 42.5 Å². The van der Waals surface area contributed by atoms with E-state index in [0.717, 1.165) is 6.07 Å². The molecule has 0 saturated carbocycles. The molecule has 13 heteroatoms. The number of benzene rings is 2. The second-order valence-corrected chi connectivity index (χ2v) is 10.0. The number of rotatable bonds is 7. The van der Waals surface area contributed by atoms with E-state index in [1.54, 1.807) is 4.90 Å². The van der Waals surface area contributed by atoms with Crippen molar-refractivity contribution in [1.29, 1.82) is 5.41 Å². The van der Waals surface area contributed by atoms with E-state index in [1.807, 2.05) is 0 Å². The fraction of sp³-hybridized carbons (Fsp3) is 0.200. The second-order valence-electron chi connectivity index (χ2n) is 10.0. The molecule has 4 aromatic rings. The minimum Gasteiger partial charge on any atom is -0.618 e. The highest BCUT2D eigenvalue weighted by molar-refractivity contribution is 6.03. The van der Waals surface area contributed by atoms with E-state index in [9.17, 15) is 23.9 Å². The third-order valence-corrected chi connectivity index (χ3v) is 7.17. The van der Waals surface area contributed by atoms with Gasteiger partial charge in [0.05, 0.1) is 6.61 Å². The third kappa shape index (κ3) is 6.21. The van der Waals surface area contributed by atoms with E-state index < -0.39 is 29.8 Å². The summed E-state index contributed by atoms with van der Waals surface area (Å²) in [6, 6.07) is 14.5. The number of hydrogen-bond donors (Lipinski definition) is 4. The lowest BCUT2D eigenvalue weighted by atomic mass is 9.94. The maximum Gasteiger partial charge on any atom is 0.321 e. The number of aliphatic hydroxyl groups excluding tert-OH is 1. The second kappa shape index (κ2) is 12.0. The van der Waals surface area contributed by atoms with Gasteiger partial charge in [-0.25, -0.2) is 18.2 Å². The molecule has 222 valence electrons. The number of nitrogen functional groups attached to an aromatic ring is 1. The summed E-state index contributed by atoms with van der Waals surface area (Å²) in [7, 11) is 0.